The van der Waals surface area contributed by atoms with E-state index in [4.69, 9.17) is 11.6 Å². The number of hydrogen-bond donors (Lipinski definition) is 0. The Morgan fingerprint density at radius 2 is 2.05 bits per heavy atom. The van der Waals surface area contributed by atoms with Gasteiger partial charge < -0.3 is 4.90 Å². The summed E-state index contributed by atoms with van der Waals surface area (Å²) < 4.78 is 0. The van der Waals surface area contributed by atoms with E-state index < -0.39 is 0 Å². The molecule has 0 N–H and O–H groups in total. The van der Waals surface area contributed by atoms with Crippen molar-refractivity contribution in [1.29, 1.82) is 5.26 Å². The molecule has 3 nitrogen and oxygen atoms in total. The minimum Gasteiger partial charge on any atom is -0.354 e. The number of benzene rings is 1. The van der Waals surface area contributed by atoms with Crippen molar-refractivity contribution in [1.82, 2.24) is 4.98 Å². The zero-order valence-corrected chi connectivity index (χ0v) is 13.3. The molecule has 1 aromatic carbocycles. The van der Waals surface area contributed by atoms with E-state index in [1.165, 1.54) is 19.3 Å². The molecule has 22 heavy (non-hydrogen) atoms. The van der Waals surface area contributed by atoms with Gasteiger partial charge in [-0.2, -0.15) is 5.26 Å². The van der Waals surface area contributed by atoms with Crippen LogP contribution in [0.15, 0.2) is 36.4 Å². The van der Waals surface area contributed by atoms with Crippen LogP contribution in [0.3, 0.4) is 0 Å². The first-order valence-corrected chi connectivity index (χ1v) is 8.01. The monoisotopic (exact) mass is 311 g/mol. The number of anilines is 1. The number of hydrogen-bond acceptors (Lipinski definition) is 3. The molecule has 3 rings (SSSR count). The summed E-state index contributed by atoms with van der Waals surface area (Å²) in [7, 11) is 0. The van der Waals surface area contributed by atoms with Crippen LogP contribution in [-0.4, -0.2) is 17.6 Å². The molecule has 0 amide bonds. The van der Waals surface area contributed by atoms with E-state index in [9.17, 15) is 5.26 Å². The molecule has 112 valence electrons. The van der Waals surface area contributed by atoms with Gasteiger partial charge in [-0.1, -0.05) is 41.9 Å². The average Bonchev–Trinajstić information content (AvgIpc) is 2.55. The number of pyridine rings is 1. The number of rotatable bonds is 2. The van der Waals surface area contributed by atoms with E-state index in [2.05, 4.69) is 22.9 Å². The zero-order chi connectivity index (χ0) is 15.5. The van der Waals surface area contributed by atoms with Gasteiger partial charge in [0.05, 0.1) is 5.56 Å². The molecule has 1 atom stereocenters. The number of aromatic nitrogens is 1. The van der Waals surface area contributed by atoms with Gasteiger partial charge in [0.1, 0.15) is 17.0 Å². The van der Waals surface area contributed by atoms with Gasteiger partial charge in [-0.25, -0.2) is 4.98 Å². The second-order valence-electron chi connectivity index (χ2n) is 5.71. The highest BCUT2D eigenvalue weighted by Gasteiger charge is 2.22. The predicted octanol–water partition coefficient (Wildman–Crippen LogP) is 4.65. The largest absolute Gasteiger partial charge is 0.354 e. The molecule has 1 saturated heterocycles. The maximum atomic E-state index is 9.43. The van der Waals surface area contributed by atoms with Gasteiger partial charge in [0.25, 0.3) is 0 Å². The molecule has 1 aromatic heterocycles. The maximum Gasteiger partial charge on any atom is 0.149 e. The normalized spacial score (nSPS) is 18.0. The Balaban J connectivity index is 2.11. The van der Waals surface area contributed by atoms with Crippen LogP contribution in [0.25, 0.3) is 11.1 Å². The van der Waals surface area contributed by atoms with Crippen molar-refractivity contribution in [3.8, 4) is 17.2 Å². The average molecular weight is 312 g/mol. The fraction of sp³-hybridized carbons (Fsp3) is 0.333. The van der Waals surface area contributed by atoms with Crippen molar-refractivity contribution >= 4 is 17.4 Å². The highest BCUT2D eigenvalue weighted by molar-refractivity contribution is 6.31. The summed E-state index contributed by atoms with van der Waals surface area (Å²) in [6, 6.07) is 14.5. The summed E-state index contributed by atoms with van der Waals surface area (Å²) in [4.78, 5) is 6.77. The Hall–Kier alpha value is -2.05. The van der Waals surface area contributed by atoms with Crippen molar-refractivity contribution in [3.05, 3.63) is 47.1 Å². The minimum atomic E-state index is 0.289. The van der Waals surface area contributed by atoms with Gasteiger partial charge >= 0.3 is 0 Å². The van der Waals surface area contributed by atoms with Crippen LogP contribution in [0.5, 0.6) is 0 Å². The molecule has 0 radical (unpaired) electrons. The third kappa shape index (κ3) is 2.80. The molecule has 1 fully saturated rings. The Morgan fingerprint density at radius 1 is 1.27 bits per heavy atom. The molecule has 0 aliphatic carbocycles. The standard InChI is InChI=1S/C18H18ClN3/c1-13-7-5-6-10-22(13)17-11-15(14-8-3-2-4-9-14)16(12-20)18(19)21-17/h2-4,8-9,11,13H,5-7,10H2,1H3. The number of nitrogens with zero attached hydrogens (tertiary/aromatic N) is 3. The first-order valence-electron chi connectivity index (χ1n) is 7.63. The van der Waals surface area contributed by atoms with Crippen LogP contribution in [0.4, 0.5) is 5.82 Å². The predicted molar refractivity (Wildman–Crippen MR) is 90.1 cm³/mol. The van der Waals surface area contributed by atoms with Crippen LogP contribution in [-0.2, 0) is 0 Å². The third-order valence-corrected chi connectivity index (χ3v) is 4.53. The third-order valence-electron chi connectivity index (χ3n) is 4.26. The van der Waals surface area contributed by atoms with Crippen LogP contribution in [0.2, 0.25) is 5.15 Å². The lowest BCUT2D eigenvalue weighted by Crippen LogP contribution is -2.38. The Morgan fingerprint density at radius 3 is 2.73 bits per heavy atom. The Labute approximate surface area is 136 Å². The summed E-state index contributed by atoms with van der Waals surface area (Å²) in [6.45, 7) is 3.21. The van der Waals surface area contributed by atoms with Gasteiger partial charge in [-0.05, 0) is 37.8 Å². The van der Waals surface area contributed by atoms with Crippen molar-refractivity contribution in [2.45, 2.75) is 32.2 Å². The summed E-state index contributed by atoms with van der Waals surface area (Å²) in [6.07, 6.45) is 3.59. The number of halogens is 1. The van der Waals surface area contributed by atoms with Crippen LogP contribution < -0.4 is 4.90 Å². The van der Waals surface area contributed by atoms with Gasteiger partial charge in [-0.15, -0.1) is 0 Å². The lowest BCUT2D eigenvalue weighted by molar-refractivity contribution is 0.481. The zero-order valence-electron chi connectivity index (χ0n) is 12.6. The fourth-order valence-electron chi connectivity index (χ4n) is 3.04. The van der Waals surface area contributed by atoms with Gasteiger partial charge in [0.15, 0.2) is 0 Å². The number of piperidine rings is 1. The smallest absolute Gasteiger partial charge is 0.149 e. The minimum absolute atomic E-state index is 0.289. The molecular formula is C18H18ClN3. The van der Waals surface area contributed by atoms with E-state index in [1.54, 1.807) is 0 Å². The highest BCUT2D eigenvalue weighted by atomic mass is 35.5. The Bertz CT molecular complexity index is 706. The van der Waals surface area contributed by atoms with E-state index in [1.807, 2.05) is 36.4 Å². The lowest BCUT2D eigenvalue weighted by Gasteiger charge is -2.34. The molecule has 0 saturated carbocycles. The molecule has 4 heteroatoms. The van der Waals surface area contributed by atoms with Gasteiger partial charge in [0.2, 0.25) is 0 Å². The van der Waals surface area contributed by atoms with Crippen molar-refractivity contribution < 1.29 is 0 Å². The van der Waals surface area contributed by atoms with Gasteiger partial charge in [0, 0.05) is 18.2 Å². The Kier molecular flexibility index (Phi) is 4.31. The first-order chi connectivity index (χ1) is 10.7. The van der Waals surface area contributed by atoms with E-state index >= 15 is 0 Å². The van der Waals surface area contributed by atoms with Crippen LogP contribution >= 0.6 is 11.6 Å². The molecular weight excluding hydrogens is 294 g/mol. The molecule has 2 heterocycles. The molecule has 1 aliphatic rings. The van der Waals surface area contributed by atoms with E-state index in [0.717, 1.165) is 23.5 Å². The van der Waals surface area contributed by atoms with Crippen LogP contribution in [0.1, 0.15) is 31.7 Å². The summed E-state index contributed by atoms with van der Waals surface area (Å²) in [5, 5.41) is 9.71. The van der Waals surface area contributed by atoms with Crippen molar-refractivity contribution in [2.24, 2.45) is 0 Å². The summed E-state index contributed by atoms with van der Waals surface area (Å²) in [5.74, 6) is 0.870. The quantitative estimate of drug-likeness (QED) is 0.758. The second-order valence-corrected chi connectivity index (χ2v) is 6.07. The van der Waals surface area contributed by atoms with Crippen molar-refractivity contribution in [3.63, 3.8) is 0 Å². The van der Waals surface area contributed by atoms with E-state index in [0.29, 0.717) is 11.6 Å². The topological polar surface area (TPSA) is 39.9 Å². The summed E-state index contributed by atoms with van der Waals surface area (Å²) >= 11 is 6.29. The first kappa shape index (κ1) is 14.9. The molecule has 0 spiro atoms. The number of nitriles is 1. The van der Waals surface area contributed by atoms with E-state index in [-0.39, 0.29) is 5.15 Å². The molecule has 1 aliphatic heterocycles. The summed E-state index contributed by atoms with van der Waals surface area (Å²) in [5.41, 5.74) is 2.30. The molecule has 2 aromatic rings. The SMILES string of the molecule is CC1CCCCN1c1cc(-c2ccccc2)c(C#N)c(Cl)n1. The van der Waals surface area contributed by atoms with Crippen molar-refractivity contribution in [2.75, 3.05) is 11.4 Å². The van der Waals surface area contributed by atoms with Gasteiger partial charge in [-0.3, -0.25) is 0 Å². The maximum absolute atomic E-state index is 9.43. The molecule has 0 bridgehead atoms. The highest BCUT2D eigenvalue weighted by Crippen LogP contribution is 2.33. The van der Waals surface area contributed by atoms with Crippen LogP contribution in [0, 0.1) is 11.3 Å². The lowest BCUT2D eigenvalue weighted by atomic mass is 10.00. The second kappa shape index (κ2) is 6.37. The molecule has 1 unspecified atom stereocenters. The fourth-order valence-corrected chi connectivity index (χ4v) is 3.27.